The van der Waals surface area contributed by atoms with Gasteiger partial charge in [-0.3, -0.25) is 0 Å². The Morgan fingerprint density at radius 2 is 2.41 bits per heavy atom. The Labute approximate surface area is 107 Å². The highest BCUT2D eigenvalue weighted by atomic mass is 32.1. The molecular formula is C13H21N3S. The van der Waals surface area contributed by atoms with Crippen molar-refractivity contribution in [2.45, 2.75) is 44.2 Å². The maximum Gasteiger partial charge on any atom is 0.0794 e. The molecule has 3 rings (SSSR count). The number of aromatic nitrogens is 1. The van der Waals surface area contributed by atoms with Crippen LogP contribution in [0.5, 0.6) is 0 Å². The number of fused-ring (bicyclic) bond motifs is 1. The second-order valence-corrected chi connectivity index (χ2v) is 5.96. The van der Waals surface area contributed by atoms with Crippen molar-refractivity contribution in [1.29, 1.82) is 0 Å². The molecule has 1 aromatic rings. The highest BCUT2D eigenvalue weighted by Crippen LogP contribution is 2.26. The molecule has 3 nitrogen and oxygen atoms in total. The zero-order valence-corrected chi connectivity index (χ0v) is 11.1. The molecule has 2 aliphatic rings. The quantitative estimate of drug-likeness (QED) is 0.886. The third kappa shape index (κ3) is 2.87. The molecule has 0 saturated carbocycles. The van der Waals surface area contributed by atoms with Crippen LogP contribution < -0.4 is 5.32 Å². The minimum Gasteiger partial charge on any atom is -0.313 e. The van der Waals surface area contributed by atoms with Crippen molar-refractivity contribution in [3.8, 4) is 0 Å². The summed E-state index contributed by atoms with van der Waals surface area (Å²) < 4.78 is 0. The number of nitrogens with one attached hydrogen (secondary N) is 1. The molecule has 0 bridgehead atoms. The van der Waals surface area contributed by atoms with Crippen molar-refractivity contribution >= 4 is 11.3 Å². The summed E-state index contributed by atoms with van der Waals surface area (Å²) in [5, 5.41) is 5.86. The van der Waals surface area contributed by atoms with E-state index in [1.807, 2.05) is 5.51 Å². The average Bonchev–Trinajstić information content (AvgIpc) is 2.98. The van der Waals surface area contributed by atoms with E-state index in [0.717, 1.165) is 25.0 Å². The minimum absolute atomic E-state index is 0.744. The molecule has 0 aliphatic carbocycles. The van der Waals surface area contributed by atoms with E-state index < -0.39 is 0 Å². The SMILES string of the molecule is c1nc(CCNC2CCN3CCCC3C2)cs1. The molecule has 17 heavy (non-hydrogen) atoms. The Hall–Kier alpha value is -0.450. The van der Waals surface area contributed by atoms with Crippen LogP contribution in [-0.4, -0.2) is 41.6 Å². The van der Waals surface area contributed by atoms with E-state index in [4.69, 9.17) is 0 Å². The maximum absolute atomic E-state index is 4.32. The van der Waals surface area contributed by atoms with Gasteiger partial charge in [-0.05, 0) is 38.8 Å². The average molecular weight is 251 g/mol. The van der Waals surface area contributed by atoms with Gasteiger partial charge in [0.25, 0.3) is 0 Å². The zero-order valence-electron chi connectivity index (χ0n) is 10.3. The van der Waals surface area contributed by atoms with E-state index in [2.05, 4.69) is 20.6 Å². The van der Waals surface area contributed by atoms with Gasteiger partial charge in [0.05, 0.1) is 11.2 Å². The summed E-state index contributed by atoms with van der Waals surface area (Å²) in [6.07, 6.45) is 6.60. The van der Waals surface area contributed by atoms with Gasteiger partial charge in [-0.25, -0.2) is 4.98 Å². The van der Waals surface area contributed by atoms with Crippen molar-refractivity contribution in [3.05, 3.63) is 16.6 Å². The standard InChI is InChI=1S/C13H21N3S/c1-2-13-8-11(4-7-16(13)6-1)14-5-3-12-9-17-10-15-12/h9-11,13-14H,1-8H2. The lowest BCUT2D eigenvalue weighted by Crippen LogP contribution is -2.46. The van der Waals surface area contributed by atoms with Gasteiger partial charge in [0, 0.05) is 30.4 Å². The van der Waals surface area contributed by atoms with Crippen molar-refractivity contribution in [3.63, 3.8) is 0 Å². The molecule has 1 N–H and O–H groups in total. The monoisotopic (exact) mass is 251 g/mol. The first-order valence-corrected chi connectivity index (χ1v) is 7.70. The lowest BCUT2D eigenvalue weighted by Gasteiger charge is -2.35. The van der Waals surface area contributed by atoms with Crippen LogP contribution in [0.4, 0.5) is 0 Å². The third-order valence-corrected chi connectivity index (χ3v) is 4.75. The van der Waals surface area contributed by atoms with E-state index in [1.54, 1.807) is 11.3 Å². The van der Waals surface area contributed by atoms with Gasteiger partial charge < -0.3 is 10.2 Å². The van der Waals surface area contributed by atoms with Crippen LogP contribution in [-0.2, 0) is 6.42 Å². The Kier molecular flexibility index (Phi) is 3.74. The van der Waals surface area contributed by atoms with Crippen molar-refractivity contribution in [2.75, 3.05) is 19.6 Å². The van der Waals surface area contributed by atoms with Gasteiger partial charge in [0.1, 0.15) is 0 Å². The van der Waals surface area contributed by atoms with Crippen LogP contribution >= 0.6 is 11.3 Å². The molecule has 2 unspecified atom stereocenters. The summed E-state index contributed by atoms with van der Waals surface area (Å²) in [6, 6.07) is 1.62. The van der Waals surface area contributed by atoms with E-state index in [9.17, 15) is 0 Å². The number of rotatable bonds is 4. The molecule has 1 aromatic heterocycles. The van der Waals surface area contributed by atoms with Crippen LogP contribution in [0, 0.1) is 0 Å². The fourth-order valence-corrected chi connectivity index (χ4v) is 3.77. The van der Waals surface area contributed by atoms with Crippen LogP contribution in [0.25, 0.3) is 0 Å². The molecule has 0 radical (unpaired) electrons. The number of thiazole rings is 1. The molecule has 3 heterocycles. The van der Waals surface area contributed by atoms with Gasteiger partial charge in [-0.2, -0.15) is 0 Å². The fourth-order valence-electron chi connectivity index (χ4n) is 3.18. The summed E-state index contributed by atoms with van der Waals surface area (Å²) in [6.45, 7) is 3.73. The predicted molar refractivity (Wildman–Crippen MR) is 71.4 cm³/mol. The number of hydrogen-bond donors (Lipinski definition) is 1. The zero-order chi connectivity index (χ0) is 11.5. The Morgan fingerprint density at radius 3 is 3.29 bits per heavy atom. The number of nitrogens with zero attached hydrogens (tertiary/aromatic N) is 2. The van der Waals surface area contributed by atoms with Crippen LogP contribution in [0.15, 0.2) is 10.9 Å². The largest absolute Gasteiger partial charge is 0.313 e. The number of piperidine rings is 1. The third-order valence-electron chi connectivity index (χ3n) is 4.12. The van der Waals surface area contributed by atoms with E-state index in [-0.39, 0.29) is 0 Å². The predicted octanol–water partition coefficient (Wildman–Crippen LogP) is 1.90. The minimum atomic E-state index is 0.744. The van der Waals surface area contributed by atoms with Crippen LogP contribution in [0.2, 0.25) is 0 Å². The lowest BCUT2D eigenvalue weighted by molar-refractivity contribution is 0.167. The molecule has 4 heteroatoms. The van der Waals surface area contributed by atoms with Crippen molar-refractivity contribution in [1.82, 2.24) is 15.2 Å². The van der Waals surface area contributed by atoms with Crippen molar-refractivity contribution in [2.24, 2.45) is 0 Å². The molecular weight excluding hydrogens is 230 g/mol. The molecule has 0 aromatic carbocycles. The Morgan fingerprint density at radius 1 is 1.41 bits per heavy atom. The summed E-state index contributed by atoms with van der Waals surface area (Å²) in [5.41, 5.74) is 3.16. The van der Waals surface area contributed by atoms with Gasteiger partial charge in [0.2, 0.25) is 0 Å². The van der Waals surface area contributed by atoms with Crippen LogP contribution in [0.1, 0.15) is 31.4 Å². The summed E-state index contributed by atoms with van der Waals surface area (Å²) in [5.74, 6) is 0. The highest BCUT2D eigenvalue weighted by molar-refractivity contribution is 7.07. The maximum atomic E-state index is 4.32. The lowest BCUT2D eigenvalue weighted by atomic mass is 9.97. The summed E-state index contributed by atoms with van der Waals surface area (Å²) in [7, 11) is 0. The first-order chi connectivity index (χ1) is 8.42. The molecule has 2 aliphatic heterocycles. The molecule has 0 amide bonds. The normalized spacial score (nSPS) is 29.4. The van der Waals surface area contributed by atoms with Gasteiger partial charge in [-0.15, -0.1) is 11.3 Å². The van der Waals surface area contributed by atoms with E-state index in [0.29, 0.717) is 0 Å². The van der Waals surface area contributed by atoms with Crippen molar-refractivity contribution < 1.29 is 0 Å². The first-order valence-electron chi connectivity index (χ1n) is 6.76. The van der Waals surface area contributed by atoms with Crippen LogP contribution in [0.3, 0.4) is 0 Å². The van der Waals surface area contributed by atoms with Gasteiger partial charge >= 0.3 is 0 Å². The van der Waals surface area contributed by atoms with Gasteiger partial charge in [0.15, 0.2) is 0 Å². The second-order valence-electron chi connectivity index (χ2n) is 5.24. The summed E-state index contributed by atoms with van der Waals surface area (Å²) >= 11 is 1.69. The first kappa shape index (κ1) is 11.6. The fraction of sp³-hybridized carbons (Fsp3) is 0.769. The molecule has 94 valence electrons. The highest BCUT2D eigenvalue weighted by Gasteiger charge is 2.31. The van der Waals surface area contributed by atoms with E-state index in [1.165, 1.54) is 44.5 Å². The Bertz CT molecular complexity index is 338. The molecule has 0 spiro atoms. The smallest absolute Gasteiger partial charge is 0.0794 e. The number of hydrogen-bond acceptors (Lipinski definition) is 4. The van der Waals surface area contributed by atoms with Gasteiger partial charge in [-0.1, -0.05) is 0 Å². The topological polar surface area (TPSA) is 28.2 Å². The van der Waals surface area contributed by atoms with E-state index >= 15 is 0 Å². The summed E-state index contributed by atoms with van der Waals surface area (Å²) in [4.78, 5) is 7.00. The molecule has 2 atom stereocenters. The molecule has 2 fully saturated rings. The molecule has 2 saturated heterocycles. The second kappa shape index (κ2) is 5.46. The Balaban J connectivity index is 1.40.